The first kappa shape index (κ1) is 23.5. The van der Waals surface area contributed by atoms with Crippen molar-refractivity contribution in [3.63, 3.8) is 0 Å². The number of aromatic nitrogens is 2. The summed E-state index contributed by atoms with van der Waals surface area (Å²) in [4.78, 5) is 29.5. The number of hydrogen-bond acceptors (Lipinski definition) is 6. The van der Waals surface area contributed by atoms with E-state index < -0.39 is 5.97 Å². The van der Waals surface area contributed by atoms with Gasteiger partial charge in [-0.2, -0.15) is 6.07 Å². The molecule has 0 atom stereocenters. The molecule has 8 heteroatoms. The molecule has 0 saturated heterocycles. The van der Waals surface area contributed by atoms with E-state index in [9.17, 15) is 9.59 Å². The van der Waals surface area contributed by atoms with Crippen LogP contribution in [0.15, 0.2) is 36.4 Å². The summed E-state index contributed by atoms with van der Waals surface area (Å²) < 4.78 is 0. The van der Waals surface area contributed by atoms with Gasteiger partial charge in [-0.05, 0) is 12.1 Å². The molecular weight excluding hydrogens is 397 g/mol. The van der Waals surface area contributed by atoms with E-state index in [1.54, 1.807) is 30.6 Å². The summed E-state index contributed by atoms with van der Waals surface area (Å²) in [5.74, 6) is -1.03. The fraction of sp³-hybridized carbons (Fsp3) is 0.235. The van der Waals surface area contributed by atoms with E-state index in [2.05, 4.69) is 20.6 Å². The molecule has 2 aromatic heterocycles. The zero-order valence-corrected chi connectivity index (χ0v) is 16.9. The molecule has 3 N–H and O–H groups in total. The zero-order valence-electron chi connectivity index (χ0n) is 14.0. The summed E-state index contributed by atoms with van der Waals surface area (Å²) in [7, 11) is 0. The van der Waals surface area contributed by atoms with Crippen LogP contribution in [0.1, 0.15) is 27.6 Å². The van der Waals surface area contributed by atoms with Crippen molar-refractivity contribution in [3.05, 3.63) is 66.6 Å². The van der Waals surface area contributed by atoms with Crippen LogP contribution >= 0.6 is 0 Å². The number of carboxylic acids is 1. The van der Waals surface area contributed by atoms with E-state index in [0.29, 0.717) is 37.6 Å². The summed E-state index contributed by atoms with van der Waals surface area (Å²) in [6, 6.07) is 10.1. The van der Waals surface area contributed by atoms with Gasteiger partial charge in [-0.25, -0.2) is 9.78 Å². The Balaban J connectivity index is 0.00000288. The molecule has 0 spiro atoms. The minimum atomic E-state index is -1.03. The summed E-state index contributed by atoms with van der Waals surface area (Å²) >= 11 is 0. The first-order valence-electron chi connectivity index (χ1n) is 7.14. The molecule has 2 rings (SSSR count). The minimum Gasteiger partial charge on any atom is -0.477 e. The zero-order chi connectivity index (χ0) is 16.5. The average molecular weight is 417 g/mol. The molecule has 0 aliphatic rings. The number of hydrogen-bond donors (Lipinski definition) is 3. The largest absolute Gasteiger partial charge is 0.477 e. The van der Waals surface area contributed by atoms with Crippen LogP contribution in [0.4, 0.5) is 0 Å². The summed E-state index contributed by atoms with van der Waals surface area (Å²) in [5.41, 5.74) is 1.80. The maximum atomic E-state index is 10.8. The van der Waals surface area contributed by atoms with Crippen molar-refractivity contribution in [2.75, 3.05) is 13.1 Å². The van der Waals surface area contributed by atoms with Gasteiger partial charge in [0.25, 0.3) is 0 Å². The number of pyridine rings is 2. The van der Waals surface area contributed by atoms with Crippen LogP contribution in [0, 0.1) is 7.43 Å². The molecule has 0 amide bonds. The van der Waals surface area contributed by atoms with Crippen molar-refractivity contribution < 1.29 is 47.4 Å². The first-order valence-corrected chi connectivity index (χ1v) is 7.14. The Morgan fingerprint density at radius 3 is 2.12 bits per heavy atom. The van der Waals surface area contributed by atoms with Gasteiger partial charge >= 0.3 is 5.97 Å². The van der Waals surface area contributed by atoms with Gasteiger partial charge in [0.05, 0.1) is 5.69 Å². The van der Waals surface area contributed by atoms with Gasteiger partial charge in [-0.15, -0.1) is 6.07 Å². The molecule has 1 radical (unpaired) electrons. The fourth-order valence-corrected chi connectivity index (χ4v) is 1.94. The second-order valence-electron chi connectivity index (χ2n) is 4.79. The van der Waals surface area contributed by atoms with Crippen molar-refractivity contribution in [2.24, 2.45) is 0 Å². The molecule has 0 unspecified atom stereocenters. The van der Waals surface area contributed by atoms with Crippen molar-refractivity contribution in [1.29, 1.82) is 0 Å². The maximum Gasteiger partial charge on any atom is 0.354 e. The summed E-state index contributed by atoms with van der Waals surface area (Å²) in [5, 5.41) is 15.2. The molecule has 25 heavy (non-hydrogen) atoms. The van der Waals surface area contributed by atoms with Gasteiger partial charge in [0.2, 0.25) is 0 Å². The van der Waals surface area contributed by atoms with Gasteiger partial charge in [0.1, 0.15) is 5.69 Å². The molecule has 0 bridgehead atoms. The number of carbonyl (C=O) groups is 1. The molecule has 0 fully saturated rings. The van der Waals surface area contributed by atoms with E-state index in [1.165, 1.54) is 6.07 Å². The average Bonchev–Trinajstić information content (AvgIpc) is 2.58. The number of aromatic carboxylic acids is 1. The quantitative estimate of drug-likeness (QED) is 0.413. The third-order valence-electron chi connectivity index (χ3n) is 3.03. The standard InChI is InChI=1S/C16H17N4O3.CH3.Y/c21-11-14-5-1-3-12(19-14)9-17-7-8-18-10-13-4-2-6-15(20-13)16(22)23;;/h1-6,17-18H,7-10H2,(H,22,23);1H3;/q2*-1;. The van der Waals surface area contributed by atoms with E-state index in [4.69, 9.17) is 5.11 Å². The van der Waals surface area contributed by atoms with Gasteiger partial charge in [0.15, 0.2) is 0 Å². The van der Waals surface area contributed by atoms with Crippen molar-refractivity contribution in [3.8, 4) is 0 Å². The Hall–Kier alpha value is -1.54. The molecule has 2 aromatic rings. The third kappa shape index (κ3) is 8.40. The monoisotopic (exact) mass is 417 g/mol. The van der Waals surface area contributed by atoms with Crippen LogP contribution in [0.2, 0.25) is 0 Å². The smallest absolute Gasteiger partial charge is 0.354 e. The molecule has 0 aromatic carbocycles. The van der Waals surface area contributed by atoms with E-state index >= 15 is 0 Å². The molecule has 0 aliphatic heterocycles. The molecule has 2 heterocycles. The van der Waals surface area contributed by atoms with Gasteiger partial charge in [0, 0.05) is 70.9 Å². The third-order valence-corrected chi connectivity index (χ3v) is 3.03. The molecular formula is C17H20N4O3Y-2. The predicted molar refractivity (Wildman–Crippen MR) is 90.1 cm³/mol. The topological polar surface area (TPSA) is 104 Å². The second kappa shape index (κ2) is 12.8. The SMILES string of the molecule is O=[C-]c1cccc(CNCCNCc2cccc(C(=O)O)n2)n1.[CH3-].[Y]. The van der Waals surface area contributed by atoms with E-state index in [0.717, 1.165) is 5.69 Å². The normalized spacial score (nSPS) is 9.60. The number of nitrogens with zero attached hydrogens (tertiary/aromatic N) is 2. The molecule has 7 nitrogen and oxygen atoms in total. The minimum absolute atomic E-state index is 0. The van der Waals surface area contributed by atoms with Crippen LogP contribution in [0.25, 0.3) is 0 Å². The van der Waals surface area contributed by atoms with Crippen LogP contribution in [-0.2, 0) is 50.6 Å². The Morgan fingerprint density at radius 1 is 1.00 bits per heavy atom. The molecule has 131 valence electrons. The van der Waals surface area contributed by atoms with Crippen molar-refractivity contribution in [2.45, 2.75) is 13.1 Å². The second-order valence-corrected chi connectivity index (χ2v) is 4.79. The Bertz CT molecular complexity index is 682. The first-order chi connectivity index (χ1) is 11.2. The van der Waals surface area contributed by atoms with Gasteiger partial charge < -0.3 is 28.0 Å². The summed E-state index contributed by atoms with van der Waals surface area (Å²) in [6.45, 7) is 2.45. The van der Waals surface area contributed by atoms with Crippen LogP contribution in [0.3, 0.4) is 0 Å². The maximum absolute atomic E-state index is 10.8. The van der Waals surface area contributed by atoms with Crippen molar-refractivity contribution >= 4 is 12.3 Å². The number of rotatable bonds is 9. The Labute approximate surface area is 172 Å². The van der Waals surface area contributed by atoms with Gasteiger partial charge in [-0.3, -0.25) is 4.98 Å². The van der Waals surface area contributed by atoms with Crippen LogP contribution in [-0.4, -0.2) is 40.4 Å². The molecule has 0 saturated carbocycles. The number of carboxylic acid groups (broad SMARTS) is 1. The Morgan fingerprint density at radius 2 is 1.56 bits per heavy atom. The van der Waals surface area contributed by atoms with Gasteiger partial charge in [-0.1, -0.05) is 17.8 Å². The number of carbonyl (C=O) groups excluding carboxylic acids is 1. The van der Waals surface area contributed by atoms with Crippen LogP contribution in [0.5, 0.6) is 0 Å². The van der Waals surface area contributed by atoms with E-state index in [1.807, 2.05) is 6.07 Å². The van der Waals surface area contributed by atoms with E-state index in [-0.39, 0.29) is 45.8 Å². The van der Waals surface area contributed by atoms with Crippen molar-refractivity contribution in [1.82, 2.24) is 20.6 Å². The fourth-order valence-electron chi connectivity index (χ4n) is 1.94. The Kier molecular flexibility index (Phi) is 12.0. The van der Waals surface area contributed by atoms with Crippen LogP contribution < -0.4 is 10.6 Å². The molecule has 0 aliphatic carbocycles. The summed E-state index contributed by atoms with van der Waals surface area (Å²) in [6.07, 6.45) is 1.76. The number of nitrogens with one attached hydrogen (secondary N) is 2. The predicted octanol–water partition coefficient (Wildman–Crippen LogP) is 0.960.